The fourth-order valence-electron chi connectivity index (χ4n) is 2.53. The standard InChI is InChI=1S/C23H20ClNO5/c1-4-12-29-20-11-8-17(14-21(20)28-3)19(26)15-25-23(27)22(30-13-5-2)16-6-9-18(24)10-7-16/h1-2,6-11,14,22H,12-13,15H2,3H3,(H,25,27). The average molecular weight is 426 g/mol. The Morgan fingerprint density at radius 1 is 1.07 bits per heavy atom. The molecule has 0 saturated carbocycles. The molecular formula is C23H20ClNO5. The fourth-order valence-corrected chi connectivity index (χ4v) is 2.66. The number of terminal acetylenes is 2. The number of methoxy groups -OCH3 is 1. The van der Waals surface area contributed by atoms with E-state index in [2.05, 4.69) is 17.2 Å². The Labute approximate surface area is 180 Å². The highest BCUT2D eigenvalue weighted by Crippen LogP contribution is 2.28. The van der Waals surface area contributed by atoms with Crippen LogP contribution in [0.5, 0.6) is 11.5 Å². The van der Waals surface area contributed by atoms with Crippen molar-refractivity contribution in [3.05, 3.63) is 58.6 Å². The third-order valence-electron chi connectivity index (χ3n) is 3.96. The number of carbonyl (C=O) groups excluding carboxylic acids is 2. The first-order valence-electron chi connectivity index (χ1n) is 8.86. The smallest absolute Gasteiger partial charge is 0.254 e. The molecule has 0 spiro atoms. The summed E-state index contributed by atoms with van der Waals surface area (Å²) in [5.41, 5.74) is 0.907. The van der Waals surface area contributed by atoms with Gasteiger partial charge in [0.25, 0.3) is 5.91 Å². The highest BCUT2D eigenvalue weighted by molar-refractivity contribution is 6.30. The van der Waals surface area contributed by atoms with Crippen LogP contribution in [-0.2, 0) is 9.53 Å². The maximum Gasteiger partial charge on any atom is 0.254 e. The molecular weight excluding hydrogens is 406 g/mol. The second kappa shape index (κ2) is 11.5. The third kappa shape index (κ3) is 6.28. The zero-order valence-corrected chi connectivity index (χ0v) is 17.1. The topological polar surface area (TPSA) is 73.9 Å². The van der Waals surface area contributed by atoms with Crippen molar-refractivity contribution in [2.24, 2.45) is 0 Å². The minimum Gasteiger partial charge on any atom is -0.493 e. The first-order chi connectivity index (χ1) is 14.5. The second-order valence-electron chi connectivity index (χ2n) is 5.95. The second-order valence-corrected chi connectivity index (χ2v) is 6.38. The molecule has 2 aromatic carbocycles. The number of ketones is 1. The molecule has 0 radical (unpaired) electrons. The van der Waals surface area contributed by atoms with Crippen LogP contribution < -0.4 is 14.8 Å². The minimum atomic E-state index is -0.972. The maximum absolute atomic E-state index is 12.6. The molecule has 2 aromatic rings. The van der Waals surface area contributed by atoms with Crippen LogP contribution in [0.1, 0.15) is 22.0 Å². The van der Waals surface area contributed by atoms with E-state index in [1.807, 2.05) is 0 Å². The molecule has 30 heavy (non-hydrogen) atoms. The van der Waals surface area contributed by atoms with E-state index in [0.717, 1.165) is 0 Å². The van der Waals surface area contributed by atoms with Crippen molar-refractivity contribution >= 4 is 23.3 Å². The Morgan fingerprint density at radius 2 is 1.77 bits per heavy atom. The number of hydrogen-bond acceptors (Lipinski definition) is 5. The van der Waals surface area contributed by atoms with Crippen molar-refractivity contribution in [3.63, 3.8) is 0 Å². The molecule has 0 fully saturated rings. The molecule has 0 aliphatic carbocycles. The summed E-state index contributed by atoms with van der Waals surface area (Å²) in [6, 6.07) is 11.3. The predicted molar refractivity (Wildman–Crippen MR) is 114 cm³/mol. The van der Waals surface area contributed by atoms with Gasteiger partial charge in [-0.1, -0.05) is 35.6 Å². The molecule has 2 rings (SSSR count). The number of amides is 1. The predicted octanol–water partition coefficient (Wildman–Crippen LogP) is 3.05. The van der Waals surface area contributed by atoms with Gasteiger partial charge in [0.05, 0.1) is 13.7 Å². The third-order valence-corrected chi connectivity index (χ3v) is 4.22. The van der Waals surface area contributed by atoms with Gasteiger partial charge in [0, 0.05) is 10.6 Å². The van der Waals surface area contributed by atoms with Gasteiger partial charge in [-0.2, -0.15) is 0 Å². The van der Waals surface area contributed by atoms with Crippen molar-refractivity contribution in [1.82, 2.24) is 5.32 Å². The molecule has 1 atom stereocenters. The number of nitrogens with one attached hydrogen (secondary N) is 1. The van der Waals surface area contributed by atoms with Crippen molar-refractivity contribution < 1.29 is 23.8 Å². The van der Waals surface area contributed by atoms with Crippen molar-refractivity contribution in [2.75, 3.05) is 26.9 Å². The first kappa shape index (κ1) is 22.8. The van der Waals surface area contributed by atoms with Gasteiger partial charge >= 0.3 is 0 Å². The van der Waals surface area contributed by atoms with Crippen LogP contribution in [0, 0.1) is 24.7 Å². The lowest BCUT2D eigenvalue weighted by molar-refractivity contribution is -0.132. The largest absolute Gasteiger partial charge is 0.493 e. The summed E-state index contributed by atoms with van der Waals surface area (Å²) in [5.74, 6) is 4.64. The highest BCUT2D eigenvalue weighted by atomic mass is 35.5. The molecule has 0 aromatic heterocycles. The van der Waals surface area contributed by atoms with Gasteiger partial charge in [-0.15, -0.1) is 12.8 Å². The van der Waals surface area contributed by atoms with E-state index in [1.165, 1.54) is 13.2 Å². The Bertz CT molecular complexity index is 973. The maximum atomic E-state index is 12.6. The summed E-state index contributed by atoms with van der Waals surface area (Å²) in [6.07, 6.45) is 9.44. The Balaban J connectivity index is 2.07. The van der Waals surface area contributed by atoms with Gasteiger partial charge in [-0.05, 0) is 35.9 Å². The molecule has 0 aliphatic heterocycles. The van der Waals surface area contributed by atoms with E-state index in [0.29, 0.717) is 27.6 Å². The molecule has 0 saturated heterocycles. The van der Waals surface area contributed by atoms with E-state index in [-0.39, 0.29) is 25.5 Å². The first-order valence-corrected chi connectivity index (χ1v) is 9.23. The number of halogens is 1. The van der Waals surface area contributed by atoms with Crippen LogP contribution in [0.3, 0.4) is 0 Å². The molecule has 1 unspecified atom stereocenters. The molecule has 154 valence electrons. The van der Waals surface area contributed by atoms with E-state index in [4.69, 9.17) is 38.7 Å². The van der Waals surface area contributed by atoms with Gasteiger partial charge < -0.3 is 19.5 Å². The number of benzene rings is 2. The van der Waals surface area contributed by atoms with Crippen LogP contribution in [0.15, 0.2) is 42.5 Å². The number of hydrogen-bond donors (Lipinski definition) is 1. The molecule has 1 N–H and O–H groups in total. The summed E-state index contributed by atoms with van der Waals surface area (Å²) >= 11 is 5.89. The summed E-state index contributed by atoms with van der Waals surface area (Å²) in [6.45, 7) is -0.232. The van der Waals surface area contributed by atoms with Crippen LogP contribution in [-0.4, -0.2) is 38.6 Å². The highest BCUT2D eigenvalue weighted by Gasteiger charge is 2.22. The molecule has 1 amide bonds. The number of rotatable bonds is 10. The summed E-state index contributed by atoms with van der Waals surface area (Å²) < 4.78 is 16.0. The fraction of sp³-hybridized carbons (Fsp3) is 0.217. The normalized spacial score (nSPS) is 10.9. The molecule has 6 nitrogen and oxygen atoms in total. The van der Waals surface area contributed by atoms with E-state index in [1.54, 1.807) is 36.4 Å². The van der Waals surface area contributed by atoms with Gasteiger partial charge in [0.1, 0.15) is 13.2 Å². The van der Waals surface area contributed by atoms with Crippen molar-refractivity contribution in [1.29, 1.82) is 0 Å². The van der Waals surface area contributed by atoms with Gasteiger partial charge in [-0.25, -0.2) is 0 Å². The SMILES string of the molecule is C#CCOc1ccc(C(=O)CNC(=O)C(OCC#C)c2ccc(Cl)cc2)cc1OC. The van der Waals surface area contributed by atoms with Gasteiger partial charge in [0.2, 0.25) is 0 Å². The Morgan fingerprint density at radius 3 is 2.40 bits per heavy atom. The van der Waals surface area contributed by atoms with Gasteiger partial charge in [-0.3, -0.25) is 9.59 Å². The van der Waals surface area contributed by atoms with Gasteiger partial charge in [0.15, 0.2) is 23.4 Å². The lowest BCUT2D eigenvalue weighted by Crippen LogP contribution is -2.35. The molecule has 0 heterocycles. The van der Waals surface area contributed by atoms with Crippen LogP contribution >= 0.6 is 11.6 Å². The van der Waals surface area contributed by atoms with E-state index < -0.39 is 12.0 Å². The Hall–Kier alpha value is -3.45. The Kier molecular flexibility index (Phi) is 8.77. The van der Waals surface area contributed by atoms with Crippen LogP contribution in [0.25, 0.3) is 0 Å². The lowest BCUT2D eigenvalue weighted by Gasteiger charge is -2.17. The molecule has 0 bridgehead atoms. The monoisotopic (exact) mass is 425 g/mol. The van der Waals surface area contributed by atoms with E-state index in [9.17, 15) is 9.59 Å². The number of Topliss-reactive ketones (excluding diaryl/α,β-unsaturated/α-hetero) is 1. The van der Waals surface area contributed by atoms with Crippen molar-refractivity contribution in [2.45, 2.75) is 6.10 Å². The lowest BCUT2D eigenvalue weighted by atomic mass is 10.1. The van der Waals surface area contributed by atoms with E-state index >= 15 is 0 Å². The zero-order chi connectivity index (χ0) is 21.9. The number of carbonyl (C=O) groups is 2. The van der Waals surface area contributed by atoms with Crippen LogP contribution in [0.2, 0.25) is 5.02 Å². The van der Waals surface area contributed by atoms with Crippen LogP contribution in [0.4, 0.5) is 0 Å². The summed E-state index contributed by atoms with van der Waals surface area (Å²) in [4.78, 5) is 25.1. The molecule has 0 aliphatic rings. The summed E-state index contributed by atoms with van der Waals surface area (Å²) in [5, 5.41) is 3.10. The number of ether oxygens (including phenoxy) is 3. The summed E-state index contributed by atoms with van der Waals surface area (Å²) in [7, 11) is 1.45. The zero-order valence-electron chi connectivity index (χ0n) is 16.3. The molecule has 7 heteroatoms. The average Bonchev–Trinajstić information content (AvgIpc) is 2.77. The quantitative estimate of drug-likeness (QED) is 0.468. The van der Waals surface area contributed by atoms with Crippen molar-refractivity contribution in [3.8, 4) is 36.2 Å². The minimum absolute atomic E-state index is 0.0645.